The minimum Gasteiger partial charge on any atom is -0.508 e. The number of aliphatic carboxylic acids is 2. The van der Waals surface area contributed by atoms with Crippen LogP contribution in [0.25, 0.3) is 22.4 Å². The predicted octanol–water partition coefficient (Wildman–Crippen LogP) is -0.806. The molecule has 37 heteroatoms. The number of methoxy groups -OCH3 is 1. The number of nitrogens with two attached hydrogens (primary N) is 1. The number of aliphatic hydroxyl groups excluding tert-OH is 3. The van der Waals surface area contributed by atoms with Crippen molar-refractivity contribution in [2.24, 2.45) is 5.73 Å². The number of aliphatic hydroxyl groups is 3. The van der Waals surface area contributed by atoms with Gasteiger partial charge in [-0.05, 0) is 124 Å². The van der Waals surface area contributed by atoms with E-state index in [1.54, 1.807) is 48.5 Å². The number of aromatic hydroxyl groups is 1. The van der Waals surface area contributed by atoms with Gasteiger partial charge in [-0.3, -0.25) is 67.3 Å². The Balaban J connectivity index is 1.05. The molecule has 12 amide bonds. The van der Waals surface area contributed by atoms with Crippen molar-refractivity contribution in [3.05, 3.63) is 161 Å². The van der Waals surface area contributed by atoms with Gasteiger partial charge in [-0.2, -0.15) is 0 Å². The van der Waals surface area contributed by atoms with Crippen LogP contribution in [0.15, 0.2) is 122 Å². The van der Waals surface area contributed by atoms with Crippen LogP contribution in [0, 0.1) is 12.7 Å². The summed E-state index contributed by atoms with van der Waals surface area (Å²) in [6.07, 6.45) is -3.41. The van der Waals surface area contributed by atoms with Gasteiger partial charge in [0, 0.05) is 56.6 Å². The van der Waals surface area contributed by atoms with Crippen molar-refractivity contribution >= 4 is 83.0 Å². The normalized spacial score (nSPS) is 16.2. The molecule has 12 atom stereocenters. The Labute approximate surface area is 659 Å². The predicted molar refractivity (Wildman–Crippen MR) is 408 cm³/mol. The fraction of sp³-hybridized carbons (Fsp3) is 0.410. The van der Waals surface area contributed by atoms with Crippen LogP contribution in [-0.2, 0) is 99.2 Å². The molecule has 3 heterocycles. The van der Waals surface area contributed by atoms with Crippen molar-refractivity contribution in [3.8, 4) is 28.1 Å². The Morgan fingerprint density at radius 1 is 0.670 bits per heavy atom. The van der Waals surface area contributed by atoms with Gasteiger partial charge in [0.05, 0.1) is 56.6 Å². The lowest BCUT2D eigenvalue weighted by molar-refractivity contribution is -0.146. The zero-order valence-electron chi connectivity index (χ0n) is 64.1. The van der Waals surface area contributed by atoms with Gasteiger partial charge in [0.1, 0.15) is 71.0 Å². The molecule has 6 aromatic rings. The van der Waals surface area contributed by atoms with E-state index >= 15 is 4.39 Å². The highest BCUT2D eigenvalue weighted by Gasteiger charge is 2.49. The molecule has 1 aliphatic heterocycles. The molecule has 0 aliphatic carbocycles. The number of alkyl carbamates (subject to hydrolysis) is 1. The summed E-state index contributed by atoms with van der Waals surface area (Å²) in [5.41, 5.74) is 7.42. The lowest BCUT2D eigenvalue weighted by atomic mass is 9.90. The zero-order valence-corrected chi connectivity index (χ0v) is 64.1. The average Bonchev–Trinajstić information content (AvgIpc) is 1.69. The Kier molecular flexibility index (Phi) is 32.0. The van der Waals surface area contributed by atoms with Crippen LogP contribution in [0.3, 0.4) is 0 Å². The van der Waals surface area contributed by atoms with Gasteiger partial charge in [-0.1, -0.05) is 85.8 Å². The van der Waals surface area contributed by atoms with E-state index in [1.165, 1.54) is 54.8 Å². The van der Waals surface area contributed by atoms with Gasteiger partial charge >= 0.3 is 18.0 Å². The summed E-state index contributed by atoms with van der Waals surface area (Å²) in [6, 6.07) is 12.8. The summed E-state index contributed by atoms with van der Waals surface area (Å²) in [4.78, 5) is 205. The van der Waals surface area contributed by atoms with E-state index in [4.69, 9.17) is 10.5 Å². The third kappa shape index (κ3) is 24.9. The highest BCUT2D eigenvalue weighted by Crippen LogP contribution is 2.32. The van der Waals surface area contributed by atoms with Gasteiger partial charge < -0.3 is 104 Å². The number of carbonyl (C=O) groups is 14. The smallest absolute Gasteiger partial charge is 0.407 e. The number of primary amides is 1. The Hall–Kier alpha value is -12.8. The fourth-order valence-corrected chi connectivity index (χ4v) is 12.9. The Morgan fingerprint density at radius 2 is 1.30 bits per heavy atom. The van der Waals surface area contributed by atoms with Crippen molar-refractivity contribution in [3.63, 3.8) is 0 Å². The largest absolute Gasteiger partial charge is 0.508 e. The number of H-pyrrole nitrogens is 1. The van der Waals surface area contributed by atoms with Crippen molar-refractivity contribution in [2.45, 2.75) is 177 Å². The molecule has 1 saturated heterocycles. The second-order valence-corrected chi connectivity index (χ2v) is 28.2. The number of aryl methyl sites for hydroxylation is 2. The molecule has 0 unspecified atom stereocenters. The van der Waals surface area contributed by atoms with Crippen LogP contribution in [0.2, 0.25) is 0 Å². The number of benzene rings is 4. The van der Waals surface area contributed by atoms with Crippen LogP contribution < -0.4 is 58.9 Å². The molecule has 1 fully saturated rings. The molecule has 0 spiro atoms. The second-order valence-electron chi connectivity index (χ2n) is 28.2. The van der Waals surface area contributed by atoms with Crippen LogP contribution in [0.4, 0.5) is 9.18 Å². The van der Waals surface area contributed by atoms with Gasteiger partial charge in [0.25, 0.3) is 0 Å². The number of nitrogens with one attached hydrogen (secondary N) is 11. The molecule has 1 aliphatic rings. The third-order valence-electron chi connectivity index (χ3n) is 19.3. The van der Waals surface area contributed by atoms with Crippen molar-refractivity contribution < 1.29 is 107 Å². The molecular weight excluding hydrogens is 1500 g/mol. The first kappa shape index (κ1) is 89.4. The summed E-state index contributed by atoms with van der Waals surface area (Å²) in [6.45, 7) is 5.93. The summed E-state index contributed by atoms with van der Waals surface area (Å²) < 4.78 is 20.3. The van der Waals surface area contributed by atoms with Crippen molar-refractivity contribution in [1.82, 2.24) is 73.0 Å². The molecule has 115 heavy (non-hydrogen) atoms. The lowest BCUT2D eigenvalue weighted by Gasteiger charge is -2.37. The van der Waals surface area contributed by atoms with E-state index in [9.17, 15) is 97.8 Å². The number of rotatable bonds is 40. The van der Waals surface area contributed by atoms with Crippen molar-refractivity contribution in [2.75, 3.05) is 26.8 Å². The maximum absolute atomic E-state index is 15.6. The fourth-order valence-electron chi connectivity index (χ4n) is 12.9. The first-order valence-corrected chi connectivity index (χ1v) is 36.7. The maximum Gasteiger partial charge on any atom is 0.407 e. The number of carboxylic acid groups (broad SMARTS) is 2. The number of hydrogen-bond donors (Lipinski definition) is 18. The summed E-state index contributed by atoms with van der Waals surface area (Å²) in [7, 11) is 1.08. The Bertz CT molecular complexity index is 4510. The number of aromatic amines is 1. The first-order chi connectivity index (χ1) is 54.5. The molecule has 0 saturated carbocycles. The van der Waals surface area contributed by atoms with E-state index in [0.29, 0.717) is 34.5 Å². The first-order valence-electron chi connectivity index (χ1n) is 36.7. The van der Waals surface area contributed by atoms with E-state index in [1.807, 2.05) is 38.1 Å². The van der Waals surface area contributed by atoms with Gasteiger partial charge in [-0.15, -0.1) is 0 Å². The summed E-state index contributed by atoms with van der Waals surface area (Å²) in [5.74, 6) is -16.8. The molecule has 616 valence electrons. The number of aromatic nitrogens is 3. The van der Waals surface area contributed by atoms with Crippen LogP contribution >= 0.6 is 0 Å². The number of phenols is 1. The van der Waals surface area contributed by atoms with E-state index in [0.717, 1.165) is 56.2 Å². The number of phenolic OH excluding ortho intramolecular Hbond substituents is 1. The average molecular weight is 1600 g/mol. The zero-order chi connectivity index (χ0) is 84.6. The lowest BCUT2D eigenvalue weighted by Crippen LogP contribution is -2.67. The van der Waals surface area contributed by atoms with Crippen molar-refractivity contribution in [1.29, 1.82) is 0 Å². The van der Waals surface area contributed by atoms with E-state index in [2.05, 4.69) is 68.1 Å². The number of imidazole rings is 1. The molecule has 2 aromatic heterocycles. The maximum atomic E-state index is 15.6. The minimum atomic E-state index is -2.45. The molecule has 0 bridgehead atoms. The van der Waals surface area contributed by atoms with Gasteiger partial charge in [0.15, 0.2) is 0 Å². The number of ether oxygens (including phenoxy) is 1. The number of likely N-dealkylation sites (tertiary alicyclic amines) is 1. The topological polar surface area (TPSA) is 561 Å². The standard InChI is InChI=1S/C78H96FN15O21/c1-8-46-32-50(98)23-24-52(46)47-21-18-44(19-22-47)30-57(68(106)85-56(66(80)104)31-45-20-25-54(82-36-45)51-16-11-9-14-41(51)2)86-69(107)58(34-63(102)103)87-70(108)60(39-95)88-71(109)64(42(3)96)92-74(112)77(5,35-48-15-10-12-17-53(48)79)93-72(110)65(43(4)97)91-61(99)38-83-67(105)55(26-27-62(100)101)89-75(113)78(6)28-13-29-94(78)73(111)59(90-76(114)115-7)33-49-37-81-40-84-49/h9-12,14-25,32,36-37,40,42-43,55-60,64-65,95-98H,8,13,26-31,33-35,38-39H2,1-7H3,(H2,80,104)(H,81,84)(H,83,105)(H,85,106)(H,86,107)(H,87,108)(H,88,109)(H,89,113)(H,90,114)(H,91,99)(H,92,112)(H,93,110)(H,100,101)(H,102,103)/t42-,43-,55+,56+,57+,58+,59+,60+,64+,65+,77-,78-/m1/s1. The van der Waals surface area contributed by atoms with E-state index < -0.39 is 199 Å². The monoisotopic (exact) mass is 1600 g/mol. The summed E-state index contributed by atoms with van der Waals surface area (Å²) in [5, 5.41) is 85.7. The number of carbonyl (C=O) groups excluding carboxylic acids is 12. The molecular formula is C78H96FN15O21. The third-order valence-corrected chi connectivity index (χ3v) is 19.3. The summed E-state index contributed by atoms with van der Waals surface area (Å²) >= 11 is 0. The number of hydrogen-bond acceptors (Lipinski definition) is 21. The number of carboxylic acids is 2. The quantitative estimate of drug-likeness (QED) is 0.0224. The second kappa shape index (κ2) is 41.1. The van der Waals surface area contributed by atoms with Crippen LogP contribution in [0.5, 0.6) is 5.75 Å². The number of amides is 12. The number of nitrogens with zero attached hydrogens (tertiary/aromatic N) is 3. The molecule has 36 nitrogen and oxygen atoms in total. The number of pyridine rings is 1. The van der Waals surface area contributed by atoms with Crippen LogP contribution in [0.1, 0.15) is 100 Å². The molecule has 19 N–H and O–H groups in total. The van der Waals surface area contributed by atoms with Gasteiger partial charge in [-0.25, -0.2) is 14.2 Å². The molecule has 4 aromatic carbocycles. The van der Waals surface area contributed by atoms with Crippen LogP contribution in [-0.4, -0.2) is 232 Å². The Morgan fingerprint density at radius 3 is 1.90 bits per heavy atom. The van der Waals surface area contributed by atoms with Gasteiger partial charge in [0.2, 0.25) is 65.0 Å². The van der Waals surface area contributed by atoms with E-state index in [-0.39, 0.29) is 50.0 Å². The highest BCUT2D eigenvalue weighted by atomic mass is 19.1. The highest BCUT2D eigenvalue weighted by molar-refractivity contribution is 6.01. The molecule has 0 radical (unpaired) electrons. The SMILES string of the molecule is CCc1cc(O)ccc1-c1ccc(C[C@H](NC(=O)[C@H](CC(=O)O)NC(=O)[C@H](CO)NC(=O)[C@@H](NC(=O)[C@@](C)(Cc2ccccc2F)NC(=O)[C@@H](NC(=O)CNC(=O)[C@H](CCC(=O)O)NC(=O)[C@@]2(C)CCCN2C(=O)[C@H](Cc2c[nH]cn2)NC(=O)OC)[C@@H](C)O)[C@@H](C)O)C(=O)N[C@@H](Cc2ccc(-c3ccccc3C)nc2)C(N)=O)cc1. The molecule has 7 rings (SSSR count). The number of halogens is 1. The minimum absolute atomic E-state index is 0.0101.